The first kappa shape index (κ1) is 16.1. The number of benzene rings is 1. The van der Waals surface area contributed by atoms with Crippen molar-refractivity contribution in [1.82, 2.24) is 5.32 Å². The molecule has 5 heteroatoms. The lowest BCUT2D eigenvalue weighted by Crippen LogP contribution is -2.47. The molecule has 21 heavy (non-hydrogen) atoms. The third-order valence-electron chi connectivity index (χ3n) is 3.55. The minimum absolute atomic E-state index is 0.124. The lowest BCUT2D eigenvalue weighted by atomic mass is 10.00. The van der Waals surface area contributed by atoms with E-state index in [-0.39, 0.29) is 24.2 Å². The Morgan fingerprint density at radius 2 is 1.95 bits per heavy atom. The molecule has 1 unspecified atom stereocenters. The summed E-state index contributed by atoms with van der Waals surface area (Å²) in [6.45, 7) is 5.78. The zero-order chi connectivity index (χ0) is 15.4. The van der Waals surface area contributed by atoms with E-state index in [1.165, 1.54) is 0 Å². The summed E-state index contributed by atoms with van der Waals surface area (Å²) in [6.07, 6.45) is 1.40. The predicted octanol–water partition coefficient (Wildman–Crippen LogP) is 3.18. The Morgan fingerprint density at radius 1 is 1.33 bits per heavy atom. The quantitative estimate of drug-likeness (QED) is 0.929. The number of ether oxygens (including phenoxy) is 2. The number of rotatable bonds is 4. The minimum atomic E-state index is -0.585. The molecule has 2 rings (SSSR count). The number of nitrogens with one attached hydrogen (secondary N) is 1. The normalized spacial score (nSPS) is 27.0. The van der Waals surface area contributed by atoms with Gasteiger partial charge in [-0.3, -0.25) is 4.79 Å². The standard InChI is InChI=1S/C16H22ClNO3/c1-10-8-13(9-11(2)20-10)18-16(19)12(3)21-15-7-5-4-6-14(15)17/h4-7,10-13H,8-9H2,1-3H3,(H,18,19)/t10-,11+,12-,13?/m0/s1. The zero-order valence-electron chi connectivity index (χ0n) is 12.6. The van der Waals surface area contributed by atoms with Crippen LogP contribution in [0.15, 0.2) is 24.3 Å². The molecular formula is C16H22ClNO3. The molecule has 0 aliphatic carbocycles. The van der Waals surface area contributed by atoms with Gasteiger partial charge in [0.15, 0.2) is 6.10 Å². The van der Waals surface area contributed by atoms with Crippen molar-refractivity contribution in [2.45, 2.75) is 58.0 Å². The van der Waals surface area contributed by atoms with Gasteiger partial charge >= 0.3 is 0 Å². The van der Waals surface area contributed by atoms with Gasteiger partial charge in [-0.05, 0) is 45.7 Å². The van der Waals surface area contributed by atoms with Crippen LogP contribution in [0.1, 0.15) is 33.6 Å². The summed E-state index contributed by atoms with van der Waals surface area (Å²) in [5, 5.41) is 3.54. The first-order valence-corrected chi connectivity index (χ1v) is 7.70. The average molecular weight is 312 g/mol. The molecule has 0 spiro atoms. The van der Waals surface area contributed by atoms with E-state index in [1.807, 2.05) is 26.0 Å². The number of para-hydroxylation sites is 1. The van der Waals surface area contributed by atoms with Gasteiger partial charge in [0.2, 0.25) is 0 Å². The Morgan fingerprint density at radius 3 is 2.57 bits per heavy atom. The van der Waals surface area contributed by atoms with Gasteiger partial charge in [-0.1, -0.05) is 23.7 Å². The van der Waals surface area contributed by atoms with E-state index in [4.69, 9.17) is 21.1 Å². The maximum absolute atomic E-state index is 12.2. The van der Waals surface area contributed by atoms with E-state index in [9.17, 15) is 4.79 Å². The van der Waals surface area contributed by atoms with Crippen LogP contribution in [0.5, 0.6) is 5.75 Å². The summed E-state index contributed by atoms with van der Waals surface area (Å²) in [4.78, 5) is 12.2. The van der Waals surface area contributed by atoms with Crippen LogP contribution >= 0.6 is 11.6 Å². The first-order chi connectivity index (χ1) is 9.95. The SMILES string of the molecule is C[C@@H]1CC(NC(=O)[C@H](C)Oc2ccccc2Cl)C[C@H](C)O1. The molecule has 1 N–H and O–H groups in total. The summed E-state index contributed by atoms with van der Waals surface area (Å²) in [7, 11) is 0. The summed E-state index contributed by atoms with van der Waals surface area (Å²) in [6, 6.07) is 7.28. The largest absolute Gasteiger partial charge is 0.479 e. The summed E-state index contributed by atoms with van der Waals surface area (Å²) >= 11 is 6.03. The fourth-order valence-corrected chi connectivity index (χ4v) is 2.81. The van der Waals surface area contributed by atoms with Crippen molar-refractivity contribution in [3.8, 4) is 5.75 Å². The van der Waals surface area contributed by atoms with E-state index in [0.717, 1.165) is 12.8 Å². The average Bonchev–Trinajstić information content (AvgIpc) is 2.40. The van der Waals surface area contributed by atoms with Crippen molar-refractivity contribution in [2.24, 2.45) is 0 Å². The number of carbonyl (C=O) groups excluding carboxylic acids is 1. The molecule has 1 aliphatic rings. The molecule has 1 heterocycles. The van der Waals surface area contributed by atoms with Gasteiger partial charge in [-0.25, -0.2) is 0 Å². The Hall–Kier alpha value is -1.26. The van der Waals surface area contributed by atoms with Crippen molar-refractivity contribution in [3.05, 3.63) is 29.3 Å². The molecular weight excluding hydrogens is 290 g/mol. The molecule has 1 aliphatic heterocycles. The number of carbonyl (C=O) groups is 1. The highest BCUT2D eigenvalue weighted by atomic mass is 35.5. The van der Waals surface area contributed by atoms with E-state index in [2.05, 4.69) is 5.32 Å². The van der Waals surface area contributed by atoms with Gasteiger partial charge in [0, 0.05) is 6.04 Å². The van der Waals surface area contributed by atoms with Crippen molar-refractivity contribution in [3.63, 3.8) is 0 Å². The van der Waals surface area contributed by atoms with Crippen LogP contribution < -0.4 is 10.1 Å². The maximum Gasteiger partial charge on any atom is 0.260 e. The van der Waals surface area contributed by atoms with Crippen LogP contribution in [0.4, 0.5) is 0 Å². The second kappa shape index (κ2) is 7.14. The van der Waals surface area contributed by atoms with E-state index in [1.54, 1.807) is 19.1 Å². The maximum atomic E-state index is 12.2. The molecule has 0 aromatic heterocycles. The summed E-state index contributed by atoms with van der Waals surface area (Å²) < 4.78 is 11.3. The van der Waals surface area contributed by atoms with Gasteiger partial charge in [0.05, 0.1) is 17.2 Å². The molecule has 1 aromatic rings. The van der Waals surface area contributed by atoms with Crippen LogP contribution in [0.2, 0.25) is 5.02 Å². The van der Waals surface area contributed by atoms with Crippen molar-refractivity contribution in [1.29, 1.82) is 0 Å². The molecule has 1 fully saturated rings. The van der Waals surface area contributed by atoms with Crippen LogP contribution in [0, 0.1) is 0 Å². The fourth-order valence-electron chi connectivity index (χ4n) is 2.63. The zero-order valence-corrected chi connectivity index (χ0v) is 13.4. The Labute approximate surface area is 130 Å². The molecule has 116 valence electrons. The van der Waals surface area contributed by atoms with Crippen LogP contribution in [0.25, 0.3) is 0 Å². The second-order valence-electron chi connectivity index (χ2n) is 5.62. The van der Waals surface area contributed by atoms with Gasteiger partial charge in [-0.2, -0.15) is 0 Å². The monoisotopic (exact) mass is 311 g/mol. The van der Waals surface area contributed by atoms with Crippen LogP contribution in [-0.4, -0.2) is 30.3 Å². The number of amides is 1. The van der Waals surface area contributed by atoms with Gasteiger partial charge in [-0.15, -0.1) is 0 Å². The van der Waals surface area contributed by atoms with Gasteiger partial charge < -0.3 is 14.8 Å². The van der Waals surface area contributed by atoms with E-state index in [0.29, 0.717) is 10.8 Å². The smallest absolute Gasteiger partial charge is 0.260 e. The second-order valence-corrected chi connectivity index (χ2v) is 6.03. The molecule has 4 atom stereocenters. The predicted molar refractivity (Wildman–Crippen MR) is 82.7 cm³/mol. The topological polar surface area (TPSA) is 47.6 Å². The Balaban J connectivity index is 1.89. The minimum Gasteiger partial charge on any atom is -0.479 e. The van der Waals surface area contributed by atoms with Gasteiger partial charge in [0.1, 0.15) is 5.75 Å². The molecule has 0 bridgehead atoms. The third kappa shape index (κ3) is 4.61. The molecule has 1 aromatic carbocycles. The molecule has 1 saturated heterocycles. The van der Waals surface area contributed by atoms with Gasteiger partial charge in [0.25, 0.3) is 5.91 Å². The first-order valence-electron chi connectivity index (χ1n) is 7.32. The summed E-state index contributed by atoms with van der Waals surface area (Å²) in [5.74, 6) is 0.400. The van der Waals surface area contributed by atoms with E-state index >= 15 is 0 Å². The highest BCUT2D eigenvalue weighted by Gasteiger charge is 2.27. The van der Waals surface area contributed by atoms with Crippen molar-refractivity contribution in [2.75, 3.05) is 0 Å². The van der Waals surface area contributed by atoms with Crippen molar-refractivity contribution < 1.29 is 14.3 Å². The molecule has 0 saturated carbocycles. The lowest BCUT2D eigenvalue weighted by Gasteiger charge is -2.33. The number of halogens is 1. The summed E-state index contributed by atoms with van der Waals surface area (Å²) in [5.41, 5.74) is 0. The fraction of sp³-hybridized carbons (Fsp3) is 0.562. The van der Waals surface area contributed by atoms with Crippen LogP contribution in [-0.2, 0) is 9.53 Å². The van der Waals surface area contributed by atoms with Crippen molar-refractivity contribution >= 4 is 17.5 Å². The number of hydrogen-bond acceptors (Lipinski definition) is 3. The van der Waals surface area contributed by atoms with Crippen LogP contribution in [0.3, 0.4) is 0 Å². The Kier molecular flexibility index (Phi) is 5.48. The number of hydrogen-bond donors (Lipinski definition) is 1. The van der Waals surface area contributed by atoms with E-state index < -0.39 is 6.10 Å². The molecule has 1 amide bonds. The molecule has 0 radical (unpaired) electrons. The Bertz CT molecular complexity index is 484. The lowest BCUT2D eigenvalue weighted by molar-refractivity contribution is -0.129. The molecule has 4 nitrogen and oxygen atoms in total. The highest BCUT2D eigenvalue weighted by molar-refractivity contribution is 6.32. The third-order valence-corrected chi connectivity index (χ3v) is 3.87. The highest BCUT2D eigenvalue weighted by Crippen LogP contribution is 2.24.